The molecule has 5 nitrogen and oxygen atoms in total. The summed E-state index contributed by atoms with van der Waals surface area (Å²) in [5, 5.41) is 13.8. The van der Waals surface area contributed by atoms with Crippen molar-refractivity contribution in [3.8, 4) is 5.95 Å². The van der Waals surface area contributed by atoms with Crippen LogP contribution in [-0.2, 0) is 6.61 Å². The summed E-state index contributed by atoms with van der Waals surface area (Å²) in [6.45, 7) is 5.41. The Kier molecular flexibility index (Phi) is 3.13. The Morgan fingerprint density at radius 1 is 1.24 bits per heavy atom. The van der Waals surface area contributed by atoms with Crippen LogP contribution in [0.4, 0.5) is 0 Å². The highest BCUT2D eigenvalue weighted by Gasteiger charge is 2.15. The molecule has 2 aromatic rings. The molecule has 0 fully saturated rings. The smallest absolute Gasteiger partial charge is 0.252 e. The molecule has 0 saturated carbocycles. The number of aliphatic hydroxyl groups is 1. The zero-order chi connectivity index (χ0) is 12.6. The quantitative estimate of drug-likeness (QED) is 0.884. The highest BCUT2D eigenvalue weighted by molar-refractivity contribution is 6.30. The third-order valence-electron chi connectivity index (χ3n) is 2.44. The largest absolute Gasteiger partial charge is 0.391 e. The summed E-state index contributed by atoms with van der Waals surface area (Å²) in [5.41, 5.74) is 2.99. The zero-order valence-electron chi connectivity index (χ0n) is 9.90. The molecule has 0 spiro atoms. The molecule has 0 radical (unpaired) electrons. The predicted molar refractivity (Wildman–Crippen MR) is 64.3 cm³/mol. The van der Waals surface area contributed by atoms with E-state index in [0.717, 1.165) is 11.4 Å². The van der Waals surface area contributed by atoms with Gasteiger partial charge in [0.15, 0.2) is 0 Å². The molecule has 0 bridgehead atoms. The van der Waals surface area contributed by atoms with Gasteiger partial charge in [-0.25, -0.2) is 9.97 Å². The van der Waals surface area contributed by atoms with E-state index in [1.165, 1.54) is 4.68 Å². The molecule has 0 atom stereocenters. The molecule has 0 unspecified atom stereocenters. The fourth-order valence-electron chi connectivity index (χ4n) is 1.65. The number of hydrogen-bond donors (Lipinski definition) is 1. The molecule has 0 aliphatic rings. The lowest BCUT2D eigenvalue weighted by molar-refractivity contribution is 0.281. The number of rotatable bonds is 2. The van der Waals surface area contributed by atoms with E-state index < -0.39 is 0 Å². The van der Waals surface area contributed by atoms with Gasteiger partial charge in [-0.3, -0.25) is 0 Å². The maximum absolute atomic E-state index is 9.19. The monoisotopic (exact) mass is 252 g/mol. The molecule has 2 heterocycles. The third-order valence-corrected chi connectivity index (χ3v) is 2.83. The van der Waals surface area contributed by atoms with Crippen LogP contribution in [0.3, 0.4) is 0 Å². The second-order valence-electron chi connectivity index (χ2n) is 3.88. The first-order valence-corrected chi connectivity index (χ1v) is 5.58. The number of aryl methyl sites for hydroxylation is 3. The first-order chi connectivity index (χ1) is 8.02. The lowest BCUT2D eigenvalue weighted by Gasteiger charge is -2.03. The van der Waals surface area contributed by atoms with Crippen LogP contribution >= 0.6 is 11.6 Å². The Morgan fingerprint density at radius 2 is 1.82 bits per heavy atom. The Morgan fingerprint density at radius 3 is 2.29 bits per heavy atom. The molecule has 2 rings (SSSR count). The van der Waals surface area contributed by atoms with Crippen molar-refractivity contribution < 1.29 is 5.11 Å². The standard InChI is InChI=1S/C11H13ClN4O/c1-6-4-7(2)14-11(13-6)16-10(12)9(5-17)8(3)15-16/h4,17H,5H2,1-3H3. The van der Waals surface area contributed by atoms with Crippen molar-refractivity contribution in [2.24, 2.45) is 0 Å². The second-order valence-corrected chi connectivity index (χ2v) is 4.23. The zero-order valence-corrected chi connectivity index (χ0v) is 10.7. The van der Waals surface area contributed by atoms with Gasteiger partial charge in [0.2, 0.25) is 0 Å². The molecule has 0 aliphatic carbocycles. The van der Waals surface area contributed by atoms with Crippen LogP contribution in [0, 0.1) is 20.8 Å². The summed E-state index contributed by atoms with van der Waals surface area (Å²) < 4.78 is 1.45. The van der Waals surface area contributed by atoms with E-state index in [4.69, 9.17) is 11.6 Å². The second kappa shape index (κ2) is 4.43. The van der Waals surface area contributed by atoms with Gasteiger partial charge in [-0.1, -0.05) is 11.6 Å². The minimum Gasteiger partial charge on any atom is -0.391 e. The summed E-state index contributed by atoms with van der Waals surface area (Å²) >= 11 is 6.13. The lowest BCUT2D eigenvalue weighted by Crippen LogP contribution is -2.05. The molecule has 1 N–H and O–H groups in total. The molecule has 2 aromatic heterocycles. The van der Waals surface area contributed by atoms with Crippen molar-refractivity contribution in [3.63, 3.8) is 0 Å². The van der Waals surface area contributed by atoms with E-state index in [-0.39, 0.29) is 6.61 Å². The Hall–Kier alpha value is -1.46. The fourth-order valence-corrected chi connectivity index (χ4v) is 1.96. The van der Waals surface area contributed by atoms with Gasteiger partial charge in [0.25, 0.3) is 5.95 Å². The molecule has 17 heavy (non-hydrogen) atoms. The normalized spacial score (nSPS) is 10.9. The molecule has 0 saturated heterocycles. The topological polar surface area (TPSA) is 63.8 Å². The lowest BCUT2D eigenvalue weighted by atomic mass is 10.3. The average Bonchev–Trinajstić information content (AvgIpc) is 2.52. The summed E-state index contributed by atoms with van der Waals surface area (Å²) in [6.07, 6.45) is 0. The number of halogens is 1. The Balaban J connectivity index is 2.60. The van der Waals surface area contributed by atoms with Crippen LogP contribution < -0.4 is 0 Å². The van der Waals surface area contributed by atoms with Crippen molar-refractivity contribution in [2.75, 3.05) is 0 Å². The van der Waals surface area contributed by atoms with Crippen molar-refractivity contribution in [2.45, 2.75) is 27.4 Å². The average molecular weight is 253 g/mol. The number of aliphatic hydroxyl groups excluding tert-OH is 1. The molecule has 90 valence electrons. The maximum Gasteiger partial charge on any atom is 0.252 e. The van der Waals surface area contributed by atoms with E-state index in [1.807, 2.05) is 19.9 Å². The van der Waals surface area contributed by atoms with Gasteiger partial charge in [-0.05, 0) is 26.8 Å². The summed E-state index contributed by atoms with van der Waals surface area (Å²) in [7, 11) is 0. The highest BCUT2D eigenvalue weighted by atomic mass is 35.5. The van der Waals surface area contributed by atoms with Crippen LogP contribution in [0.25, 0.3) is 5.95 Å². The molecular weight excluding hydrogens is 240 g/mol. The SMILES string of the molecule is Cc1cc(C)nc(-n2nc(C)c(CO)c2Cl)n1. The van der Waals surface area contributed by atoms with Crippen LogP contribution in [0.5, 0.6) is 0 Å². The van der Waals surface area contributed by atoms with E-state index in [0.29, 0.717) is 22.4 Å². The van der Waals surface area contributed by atoms with Gasteiger partial charge in [-0.15, -0.1) is 0 Å². The van der Waals surface area contributed by atoms with Crippen LogP contribution in [-0.4, -0.2) is 24.9 Å². The Labute approximate surface area is 104 Å². The van der Waals surface area contributed by atoms with Crippen LogP contribution in [0.15, 0.2) is 6.07 Å². The first kappa shape index (κ1) is 12.0. The van der Waals surface area contributed by atoms with Gasteiger partial charge in [0.05, 0.1) is 12.3 Å². The van der Waals surface area contributed by atoms with E-state index in [2.05, 4.69) is 15.1 Å². The Bertz CT molecular complexity index is 545. The first-order valence-electron chi connectivity index (χ1n) is 5.20. The van der Waals surface area contributed by atoms with Crippen LogP contribution in [0.2, 0.25) is 5.15 Å². The summed E-state index contributed by atoms with van der Waals surface area (Å²) in [6, 6.07) is 1.88. The summed E-state index contributed by atoms with van der Waals surface area (Å²) in [5.74, 6) is 0.426. The van der Waals surface area contributed by atoms with E-state index in [1.54, 1.807) is 6.92 Å². The highest BCUT2D eigenvalue weighted by Crippen LogP contribution is 2.21. The predicted octanol–water partition coefficient (Wildman–Crippen LogP) is 1.73. The number of nitrogens with zero attached hydrogens (tertiary/aromatic N) is 4. The van der Waals surface area contributed by atoms with E-state index >= 15 is 0 Å². The minimum absolute atomic E-state index is 0.143. The van der Waals surface area contributed by atoms with Gasteiger partial charge in [0, 0.05) is 17.0 Å². The molecular formula is C11H13ClN4O. The van der Waals surface area contributed by atoms with Crippen molar-refractivity contribution in [1.82, 2.24) is 19.7 Å². The van der Waals surface area contributed by atoms with E-state index in [9.17, 15) is 5.11 Å². The molecule has 0 amide bonds. The minimum atomic E-state index is -0.143. The molecule has 0 aromatic carbocycles. The molecule has 6 heteroatoms. The van der Waals surface area contributed by atoms with Crippen LogP contribution in [0.1, 0.15) is 22.6 Å². The maximum atomic E-state index is 9.19. The third kappa shape index (κ3) is 2.16. The summed E-state index contributed by atoms with van der Waals surface area (Å²) in [4.78, 5) is 8.55. The van der Waals surface area contributed by atoms with Crippen molar-refractivity contribution >= 4 is 11.6 Å². The number of hydrogen-bond acceptors (Lipinski definition) is 4. The van der Waals surface area contributed by atoms with Gasteiger partial charge < -0.3 is 5.11 Å². The van der Waals surface area contributed by atoms with Crippen molar-refractivity contribution in [1.29, 1.82) is 0 Å². The van der Waals surface area contributed by atoms with Gasteiger partial charge >= 0.3 is 0 Å². The molecule has 0 aliphatic heterocycles. The van der Waals surface area contributed by atoms with Gasteiger partial charge in [0.1, 0.15) is 5.15 Å². The van der Waals surface area contributed by atoms with Gasteiger partial charge in [-0.2, -0.15) is 9.78 Å². The fraction of sp³-hybridized carbons (Fsp3) is 0.364. The number of aromatic nitrogens is 4. The van der Waals surface area contributed by atoms with Crippen molar-refractivity contribution in [3.05, 3.63) is 33.9 Å².